The molecule has 0 amide bonds. The molecule has 0 spiro atoms. The lowest BCUT2D eigenvalue weighted by molar-refractivity contribution is -0.137. The molecule has 2 nitrogen and oxygen atoms in total. The first-order chi connectivity index (χ1) is 9.88. The van der Waals surface area contributed by atoms with Crippen molar-refractivity contribution in [2.45, 2.75) is 31.9 Å². The topological polar surface area (TPSA) is 22.0 Å². The molecule has 0 saturated heterocycles. The molecule has 1 aliphatic rings. The second-order valence-corrected chi connectivity index (χ2v) is 5.37. The predicted molar refractivity (Wildman–Crippen MR) is 73.8 cm³/mol. The van der Waals surface area contributed by atoms with Gasteiger partial charge in [-0.3, -0.25) is 9.36 Å². The predicted octanol–water partition coefficient (Wildman–Crippen LogP) is 4.04. The lowest BCUT2D eigenvalue weighted by Gasteiger charge is -2.15. The summed E-state index contributed by atoms with van der Waals surface area (Å²) in [6, 6.07) is 8.11. The highest BCUT2D eigenvalue weighted by Crippen LogP contribution is 2.41. The van der Waals surface area contributed by atoms with Gasteiger partial charge in [-0.25, -0.2) is 0 Å². The average molecular weight is 293 g/mol. The zero-order chi connectivity index (χ0) is 15.2. The first kappa shape index (κ1) is 13.9. The second-order valence-electron chi connectivity index (χ2n) is 5.37. The smallest absolute Gasteiger partial charge is 0.281 e. The molecule has 1 aliphatic carbocycles. The monoisotopic (exact) mass is 293 g/mol. The van der Waals surface area contributed by atoms with Crippen molar-refractivity contribution in [2.75, 3.05) is 0 Å². The van der Waals surface area contributed by atoms with Crippen LogP contribution in [0.25, 0.3) is 5.69 Å². The molecule has 3 rings (SSSR count). The van der Waals surface area contributed by atoms with Crippen LogP contribution in [0.3, 0.4) is 0 Å². The van der Waals surface area contributed by atoms with Gasteiger partial charge in [0.2, 0.25) is 0 Å². The molecule has 1 aromatic carbocycles. The van der Waals surface area contributed by atoms with Gasteiger partial charge in [-0.1, -0.05) is 12.1 Å². The maximum atomic E-state index is 12.8. The van der Waals surface area contributed by atoms with Gasteiger partial charge < -0.3 is 0 Å². The van der Waals surface area contributed by atoms with Crippen LogP contribution in [0.1, 0.15) is 35.6 Å². The van der Waals surface area contributed by atoms with Crippen LogP contribution in [0.2, 0.25) is 0 Å². The molecule has 0 aliphatic heterocycles. The Kier molecular flexibility index (Phi) is 3.15. The average Bonchev–Trinajstić information content (AvgIpc) is 3.23. The van der Waals surface area contributed by atoms with Crippen molar-refractivity contribution in [3.05, 3.63) is 63.6 Å². The van der Waals surface area contributed by atoms with Crippen molar-refractivity contribution in [1.29, 1.82) is 0 Å². The van der Waals surface area contributed by atoms with Crippen LogP contribution in [-0.4, -0.2) is 4.57 Å². The van der Waals surface area contributed by atoms with Gasteiger partial charge in [0.25, 0.3) is 5.56 Å². The lowest BCUT2D eigenvalue weighted by atomic mass is 10.1. The van der Waals surface area contributed by atoms with Crippen molar-refractivity contribution < 1.29 is 13.2 Å². The fourth-order valence-electron chi connectivity index (χ4n) is 2.62. The van der Waals surface area contributed by atoms with Crippen molar-refractivity contribution in [3.8, 4) is 5.69 Å². The third-order valence-electron chi connectivity index (χ3n) is 3.83. The molecular formula is C16H14F3NO. The van der Waals surface area contributed by atoms with E-state index in [9.17, 15) is 18.0 Å². The highest BCUT2D eigenvalue weighted by Gasteiger charge is 2.31. The summed E-state index contributed by atoms with van der Waals surface area (Å²) in [7, 11) is 0. The Morgan fingerprint density at radius 2 is 1.86 bits per heavy atom. The van der Waals surface area contributed by atoms with Gasteiger partial charge in [-0.05, 0) is 49.4 Å². The van der Waals surface area contributed by atoms with Gasteiger partial charge in [0.15, 0.2) is 0 Å². The van der Waals surface area contributed by atoms with E-state index in [1.807, 2.05) is 0 Å². The van der Waals surface area contributed by atoms with E-state index in [0.717, 1.165) is 36.2 Å². The van der Waals surface area contributed by atoms with Gasteiger partial charge in [0.05, 0.1) is 5.56 Å². The van der Waals surface area contributed by atoms with Gasteiger partial charge in [-0.15, -0.1) is 0 Å². The van der Waals surface area contributed by atoms with E-state index >= 15 is 0 Å². The largest absolute Gasteiger partial charge is 0.416 e. The van der Waals surface area contributed by atoms with Crippen LogP contribution in [0.4, 0.5) is 13.2 Å². The summed E-state index contributed by atoms with van der Waals surface area (Å²) < 4.78 is 39.8. The number of aromatic nitrogens is 1. The zero-order valence-corrected chi connectivity index (χ0v) is 11.4. The first-order valence-electron chi connectivity index (χ1n) is 6.78. The molecule has 21 heavy (non-hydrogen) atoms. The second kappa shape index (κ2) is 4.76. The fraction of sp³-hybridized carbons (Fsp3) is 0.312. The summed E-state index contributed by atoms with van der Waals surface area (Å²) in [5.41, 5.74) is 0.977. The van der Waals surface area contributed by atoms with E-state index in [0.29, 0.717) is 5.92 Å². The number of rotatable bonds is 2. The SMILES string of the molecule is Cc1c(C2CC2)ccc(=O)n1-c1cccc(C(F)(F)F)c1. The van der Waals surface area contributed by atoms with E-state index in [1.54, 1.807) is 13.0 Å². The summed E-state index contributed by atoms with van der Waals surface area (Å²) in [5.74, 6) is 0.433. The summed E-state index contributed by atoms with van der Waals surface area (Å²) in [4.78, 5) is 12.1. The Labute approximate surface area is 119 Å². The molecule has 1 fully saturated rings. The molecule has 0 N–H and O–H groups in total. The van der Waals surface area contributed by atoms with Crippen LogP contribution < -0.4 is 5.56 Å². The minimum atomic E-state index is -4.42. The molecule has 1 saturated carbocycles. The minimum Gasteiger partial charge on any atom is -0.281 e. The highest BCUT2D eigenvalue weighted by atomic mass is 19.4. The van der Waals surface area contributed by atoms with E-state index in [4.69, 9.17) is 0 Å². The molecule has 0 unspecified atom stereocenters. The van der Waals surface area contributed by atoms with Crippen LogP contribution in [0.15, 0.2) is 41.2 Å². The molecular weight excluding hydrogens is 279 g/mol. The number of benzene rings is 1. The van der Waals surface area contributed by atoms with Gasteiger partial charge >= 0.3 is 6.18 Å². The Morgan fingerprint density at radius 1 is 1.14 bits per heavy atom. The summed E-state index contributed by atoms with van der Waals surface area (Å²) in [6.07, 6.45) is -2.27. The quantitative estimate of drug-likeness (QED) is 0.819. The number of hydrogen-bond donors (Lipinski definition) is 0. The molecule has 0 bridgehead atoms. The van der Waals surface area contributed by atoms with Crippen molar-refractivity contribution in [3.63, 3.8) is 0 Å². The third kappa shape index (κ3) is 2.60. The molecule has 5 heteroatoms. The fourth-order valence-corrected chi connectivity index (χ4v) is 2.62. The summed E-state index contributed by atoms with van der Waals surface area (Å²) >= 11 is 0. The van der Waals surface area contributed by atoms with Crippen molar-refractivity contribution in [2.24, 2.45) is 0 Å². The van der Waals surface area contributed by atoms with E-state index in [1.165, 1.54) is 22.8 Å². The highest BCUT2D eigenvalue weighted by molar-refractivity contribution is 5.41. The zero-order valence-electron chi connectivity index (χ0n) is 11.4. The standard InChI is InChI=1S/C16H14F3NO/c1-10-14(11-5-6-11)7-8-15(21)20(10)13-4-2-3-12(9-13)16(17,18)19/h2-4,7-9,11H,5-6H2,1H3. The Hall–Kier alpha value is -2.04. The third-order valence-corrected chi connectivity index (χ3v) is 3.83. The number of pyridine rings is 1. The molecule has 0 radical (unpaired) electrons. The molecule has 110 valence electrons. The minimum absolute atomic E-state index is 0.259. The summed E-state index contributed by atoms with van der Waals surface area (Å²) in [5, 5.41) is 0. The van der Waals surface area contributed by atoms with Crippen LogP contribution >= 0.6 is 0 Å². The Morgan fingerprint density at radius 3 is 2.48 bits per heavy atom. The van der Waals surface area contributed by atoms with Crippen LogP contribution in [0, 0.1) is 6.92 Å². The van der Waals surface area contributed by atoms with Crippen LogP contribution in [-0.2, 0) is 6.18 Å². The molecule has 0 atom stereocenters. The Bertz CT molecular complexity index is 742. The maximum Gasteiger partial charge on any atom is 0.416 e. The lowest BCUT2D eigenvalue weighted by Crippen LogP contribution is -2.21. The van der Waals surface area contributed by atoms with Gasteiger partial charge in [0, 0.05) is 17.4 Å². The van der Waals surface area contributed by atoms with Gasteiger partial charge in [0.1, 0.15) is 0 Å². The number of hydrogen-bond acceptors (Lipinski definition) is 1. The first-order valence-corrected chi connectivity index (χ1v) is 6.78. The van der Waals surface area contributed by atoms with E-state index in [2.05, 4.69) is 0 Å². The van der Waals surface area contributed by atoms with Crippen molar-refractivity contribution >= 4 is 0 Å². The number of alkyl halides is 3. The number of halogens is 3. The van der Waals surface area contributed by atoms with E-state index in [-0.39, 0.29) is 11.2 Å². The maximum absolute atomic E-state index is 12.8. The molecule has 2 aromatic rings. The molecule has 1 heterocycles. The normalized spacial score (nSPS) is 15.2. The Balaban J connectivity index is 2.16. The van der Waals surface area contributed by atoms with Gasteiger partial charge in [-0.2, -0.15) is 13.2 Å². The number of nitrogens with zero attached hydrogens (tertiary/aromatic N) is 1. The van der Waals surface area contributed by atoms with Crippen LogP contribution in [0.5, 0.6) is 0 Å². The van der Waals surface area contributed by atoms with Crippen molar-refractivity contribution in [1.82, 2.24) is 4.57 Å². The molecule has 1 aromatic heterocycles. The summed E-state index contributed by atoms with van der Waals surface area (Å²) in [6.45, 7) is 1.79. The van der Waals surface area contributed by atoms with E-state index < -0.39 is 11.7 Å².